The molecule has 2 amide bonds. The molecule has 3 unspecified atom stereocenters. The SMILES string of the molecule is O=C(NCC1CC1C(=O)NCC(C(=O)O)C1CCC1)OCC1c2ccccc2-c2ccccc21. The van der Waals surface area contributed by atoms with Crippen molar-refractivity contribution < 1.29 is 24.2 Å². The molecule has 34 heavy (non-hydrogen) atoms. The van der Waals surface area contributed by atoms with Gasteiger partial charge in [0.15, 0.2) is 0 Å². The lowest BCUT2D eigenvalue weighted by molar-refractivity contribution is -0.144. The summed E-state index contributed by atoms with van der Waals surface area (Å²) in [6, 6.07) is 16.4. The molecule has 3 aliphatic rings. The third-order valence-electron chi connectivity index (χ3n) is 7.64. The summed E-state index contributed by atoms with van der Waals surface area (Å²) >= 11 is 0. The molecule has 3 atom stereocenters. The van der Waals surface area contributed by atoms with E-state index in [1.165, 1.54) is 11.1 Å². The molecule has 0 aliphatic heterocycles. The van der Waals surface area contributed by atoms with Gasteiger partial charge >= 0.3 is 12.1 Å². The Bertz CT molecular complexity index is 1050. The van der Waals surface area contributed by atoms with Crippen molar-refractivity contribution in [3.8, 4) is 11.1 Å². The molecule has 3 N–H and O–H groups in total. The molecular weight excluding hydrogens is 432 g/mol. The molecular formula is C27H30N2O5. The maximum Gasteiger partial charge on any atom is 0.407 e. The summed E-state index contributed by atoms with van der Waals surface area (Å²) in [5.41, 5.74) is 4.69. The van der Waals surface area contributed by atoms with Gasteiger partial charge in [0, 0.05) is 24.9 Å². The number of hydrogen-bond donors (Lipinski definition) is 3. The fraction of sp³-hybridized carbons (Fsp3) is 0.444. The van der Waals surface area contributed by atoms with Gasteiger partial charge in [0.05, 0.1) is 5.92 Å². The van der Waals surface area contributed by atoms with Crippen LogP contribution in [0, 0.1) is 23.7 Å². The number of hydrogen-bond acceptors (Lipinski definition) is 4. The monoisotopic (exact) mass is 462 g/mol. The van der Waals surface area contributed by atoms with Crippen molar-refractivity contribution in [2.75, 3.05) is 19.7 Å². The summed E-state index contributed by atoms with van der Waals surface area (Å²) in [5.74, 6) is -1.40. The molecule has 0 saturated heterocycles. The molecule has 7 nitrogen and oxygen atoms in total. The maximum atomic E-state index is 12.4. The van der Waals surface area contributed by atoms with E-state index in [1.807, 2.05) is 24.3 Å². The number of alkyl carbamates (subject to hydrolysis) is 1. The maximum absolute atomic E-state index is 12.4. The van der Waals surface area contributed by atoms with Crippen LogP contribution in [-0.2, 0) is 14.3 Å². The Labute approximate surface area is 198 Å². The number of ether oxygens (including phenoxy) is 1. The Morgan fingerprint density at radius 1 is 0.971 bits per heavy atom. The van der Waals surface area contributed by atoms with Crippen molar-refractivity contribution in [2.24, 2.45) is 23.7 Å². The first kappa shape index (κ1) is 22.4. The molecule has 0 radical (unpaired) electrons. The van der Waals surface area contributed by atoms with Crippen LogP contribution >= 0.6 is 0 Å². The molecule has 2 aromatic carbocycles. The second-order valence-corrected chi connectivity index (χ2v) is 9.69. The van der Waals surface area contributed by atoms with Gasteiger partial charge in [-0.25, -0.2) is 4.79 Å². The molecule has 0 spiro atoms. The highest BCUT2D eigenvalue weighted by Crippen LogP contribution is 2.44. The third kappa shape index (κ3) is 4.52. The van der Waals surface area contributed by atoms with Crippen LogP contribution in [0.5, 0.6) is 0 Å². The molecule has 2 saturated carbocycles. The van der Waals surface area contributed by atoms with E-state index in [9.17, 15) is 19.5 Å². The molecule has 3 aliphatic carbocycles. The van der Waals surface area contributed by atoms with E-state index in [0.29, 0.717) is 13.0 Å². The highest BCUT2D eigenvalue weighted by molar-refractivity contribution is 5.82. The fourth-order valence-electron chi connectivity index (χ4n) is 5.30. The third-order valence-corrected chi connectivity index (χ3v) is 7.64. The Balaban J connectivity index is 1.06. The van der Waals surface area contributed by atoms with E-state index < -0.39 is 18.0 Å². The molecule has 0 bridgehead atoms. The number of carboxylic acids is 1. The quantitative estimate of drug-likeness (QED) is 0.526. The smallest absolute Gasteiger partial charge is 0.407 e. The lowest BCUT2D eigenvalue weighted by Gasteiger charge is -2.31. The number of carbonyl (C=O) groups excluding carboxylic acids is 2. The number of nitrogens with one attached hydrogen (secondary N) is 2. The topological polar surface area (TPSA) is 105 Å². The minimum Gasteiger partial charge on any atom is -0.481 e. The van der Waals surface area contributed by atoms with Gasteiger partial charge in [-0.15, -0.1) is 0 Å². The van der Waals surface area contributed by atoms with Crippen LogP contribution < -0.4 is 10.6 Å². The molecule has 7 heteroatoms. The van der Waals surface area contributed by atoms with Crippen molar-refractivity contribution in [3.63, 3.8) is 0 Å². The number of aliphatic carboxylic acids is 1. The van der Waals surface area contributed by atoms with E-state index in [0.717, 1.165) is 30.4 Å². The van der Waals surface area contributed by atoms with Crippen molar-refractivity contribution in [1.82, 2.24) is 10.6 Å². The normalized spacial score (nSPS) is 21.5. The molecule has 2 aromatic rings. The van der Waals surface area contributed by atoms with Gasteiger partial charge in [0.25, 0.3) is 0 Å². The van der Waals surface area contributed by atoms with E-state index >= 15 is 0 Å². The van der Waals surface area contributed by atoms with Crippen molar-refractivity contribution in [3.05, 3.63) is 59.7 Å². The Kier molecular flexibility index (Phi) is 6.26. The summed E-state index contributed by atoms with van der Waals surface area (Å²) < 4.78 is 5.55. The van der Waals surface area contributed by atoms with Crippen molar-refractivity contribution >= 4 is 18.0 Å². The minimum absolute atomic E-state index is 0.00968. The lowest BCUT2D eigenvalue weighted by atomic mass is 9.76. The van der Waals surface area contributed by atoms with E-state index in [-0.39, 0.29) is 42.7 Å². The zero-order valence-electron chi connectivity index (χ0n) is 19.0. The Hall–Kier alpha value is -3.35. The molecule has 2 fully saturated rings. The summed E-state index contributed by atoms with van der Waals surface area (Å²) in [6.07, 6.45) is 3.11. The van der Waals surface area contributed by atoms with E-state index in [1.54, 1.807) is 0 Å². The largest absolute Gasteiger partial charge is 0.481 e. The summed E-state index contributed by atoms with van der Waals surface area (Å²) in [5, 5.41) is 15.0. The average Bonchev–Trinajstić information content (AvgIpc) is 3.52. The predicted molar refractivity (Wildman–Crippen MR) is 126 cm³/mol. The zero-order valence-corrected chi connectivity index (χ0v) is 19.0. The van der Waals surface area contributed by atoms with Crippen LogP contribution in [-0.4, -0.2) is 42.8 Å². The van der Waals surface area contributed by atoms with Gasteiger partial charge in [-0.1, -0.05) is 55.0 Å². The molecule has 178 valence electrons. The number of carboxylic acid groups (broad SMARTS) is 1. The molecule has 0 aromatic heterocycles. The van der Waals surface area contributed by atoms with Crippen LogP contribution in [0.25, 0.3) is 11.1 Å². The molecule has 5 rings (SSSR count). The van der Waals surface area contributed by atoms with Gasteiger partial charge < -0.3 is 20.5 Å². The van der Waals surface area contributed by atoms with Crippen LogP contribution in [0.4, 0.5) is 4.79 Å². The number of rotatable bonds is 9. The van der Waals surface area contributed by atoms with Gasteiger partial charge in [-0.3, -0.25) is 9.59 Å². The van der Waals surface area contributed by atoms with Crippen LogP contribution in [0.2, 0.25) is 0 Å². The fourth-order valence-corrected chi connectivity index (χ4v) is 5.30. The average molecular weight is 463 g/mol. The number of amides is 2. The standard InChI is InChI=1S/C27H30N2O5/c30-25(28-14-23(26(31)32)16-6-5-7-16)22-12-17(22)13-29-27(33)34-15-24-20-10-3-1-8-18(20)19-9-2-4-11-21(19)24/h1-4,8-11,16-17,22-24H,5-7,12-15H2,(H,28,30)(H,29,33)(H,31,32). The van der Waals surface area contributed by atoms with E-state index in [4.69, 9.17) is 4.74 Å². The predicted octanol–water partition coefficient (Wildman–Crippen LogP) is 3.78. The van der Waals surface area contributed by atoms with Crippen LogP contribution in [0.3, 0.4) is 0 Å². The lowest BCUT2D eigenvalue weighted by Crippen LogP contribution is -2.40. The zero-order chi connectivity index (χ0) is 23.7. The molecule has 0 heterocycles. The van der Waals surface area contributed by atoms with E-state index in [2.05, 4.69) is 34.9 Å². The van der Waals surface area contributed by atoms with Gasteiger partial charge in [0.2, 0.25) is 5.91 Å². The first-order valence-corrected chi connectivity index (χ1v) is 12.1. The van der Waals surface area contributed by atoms with Gasteiger partial charge in [-0.05, 0) is 53.4 Å². The Morgan fingerprint density at radius 2 is 1.62 bits per heavy atom. The van der Waals surface area contributed by atoms with Crippen molar-refractivity contribution in [1.29, 1.82) is 0 Å². The number of benzene rings is 2. The van der Waals surface area contributed by atoms with Gasteiger partial charge in [-0.2, -0.15) is 0 Å². The van der Waals surface area contributed by atoms with Crippen LogP contribution in [0.1, 0.15) is 42.7 Å². The van der Waals surface area contributed by atoms with Crippen LogP contribution in [0.15, 0.2) is 48.5 Å². The summed E-state index contributed by atoms with van der Waals surface area (Å²) in [7, 11) is 0. The summed E-state index contributed by atoms with van der Waals surface area (Å²) in [6.45, 7) is 0.813. The second kappa shape index (κ2) is 9.49. The van der Waals surface area contributed by atoms with Crippen molar-refractivity contribution in [2.45, 2.75) is 31.6 Å². The Morgan fingerprint density at radius 3 is 2.21 bits per heavy atom. The minimum atomic E-state index is -0.839. The van der Waals surface area contributed by atoms with Gasteiger partial charge in [0.1, 0.15) is 6.61 Å². The number of carbonyl (C=O) groups is 3. The second-order valence-electron chi connectivity index (χ2n) is 9.69. The highest BCUT2D eigenvalue weighted by Gasteiger charge is 2.43. The number of fused-ring (bicyclic) bond motifs is 3. The summed E-state index contributed by atoms with van der Waals surface area (Å²) in [4.78, 5) is 36.2. The first-order valence-electron chi connectivity index (χ1n) is 12.1. The first-order chi connectivity index (χ1) is 16.5. The highest BCUT2D eigenvalue weighted by atomic mass is 16.5.